The van der Waals surface area contributed by atoms with Crippen LogP contribution in [-0.4, -0.2) is 38.6 Å². The average Bonchev–Trinajstić information content (AvgIpc) is 2.96. The molecule has 100 valence electrons. The van der Waals surface area contributed by atoms with Gasteiger partial charge in [-0.1, -0.05) is 6.92 Å². The fourth-order valence-corrected chi connectivity index (χ4v) is 2.69. The van der Waals surface area contributed by atoms with Crippen LogP contribution in [0.5, 0.6) is 0 Å². The van der Waals surface area contributed by atoms with Gasteiger partial charge in [0.05, 0.1) is 12.0 Å². The molecule has 1 N–H and O–H groups in total. The Balaban J connectivity index is 2.03. The van der Waals surface area contributed by atoms with Crippen LogP contribution in [0.4, 0.5) is 0 Å². The van der Waals surface area contributed by atoms with Gasteiger partial charge in [-0.25, -0.2) is 4.98 Å². The number of imidazole rings is 1. The van der Waals surface area contributed by atoms with Gasteiger partial charge in [-0.3, -0.25) is 9.69 Å². The zero-order chi connectivity index (χ0) is 13.2. The van der Waals surface area contributed by atoms with Crippen molar-refractivity contribution in [2.24, 2.45) is 5.41 Å². The molecule has 1 unspecified atom stereocenters. The van der Waals surface area contributed by atoms with Gasteiger partial charge in [-0.05, 0) is 26.3 Å². The first-order valence-corrected chi connectivity index (χ1v) is 6.57. The van der Waals surface area contributed by atoms with Crippen LogP contribution in [0, 0.1) is 5.41 Å². The van der Waals surface area contributed by atoms with E-state index >= 15 is 0 Å². The molecule has 1 atom stereocenters. The van der Waals surface area contributed by atoms with Crippen LogP contribution in [0.3, 0.4) is 0 Å². The Morgan fingerprint density at radius 1 is 1.56 bits per heavy atom. The minimum absolute atomic E-state index is 0.552. The number of rotatable bonds is 5. The van der Waals surface area contributed by atoms with Crippen LogP contribution >= 0.6 is 0 Å². The largest absolute Gasteiger partial charge is 0.481 e. The van der Waals surface area contributed by atoms with Crippen LogP contribution in [-0.2, 0) is 17.9 Å². The molecular weight excluding hydrogens is 230 g/mol. The van der Waals surface area contributed by atoms with E-state index in [0.29, 0.717) is 13.0 Å². The number of hydrogen-bond acceptors (Lipinski definition) is 3. The molecule has 1 aromatic heterocycles. The number of carboxylic acid groups (broad SMARTS) is 1. The van der Waals surface area contributed by atoms with Gasteiger partial charge in [0.25, 0.3) is 0 Å². The molecule has 2 heterocycles. The molecule has 1 fully saturated rings. The summed E-state index contributed by atoms with van der Waals surface area (Å²) in [5, 5.41) is 9.36. The molecule has 2 rings (SSSR count). The molecule has 18 heavy (non-hydrogen) atoms. The number of nitrogens with zero attached hydrogens (tertiary/aromatic N) is 3. The van der Waals surface area contributed by atoms with Gasteiger partial charge in [-0.15, -0.1) is 0 Å². The summed E-state index contributed by atoms with van der Waals surface area (Å²) in [6.07, 6.45) is 5.21. The number of hydrogen-bond donors (Lipinski definition) is 1. The summed E-state index contributed by atoms with van der Waals surface area (Å²) in [6.45, 7) is 7.18. The van der Waals surface area contributed by atoms with Gasteiger partial charge in [0.15, 0.2) is 0 Å². The zero-order valence-electron chi connectivity index (χ0n) is 11.1. The standard InChI is InChI=1S/C13H21N3O2/c1-3-13(12(17)18)5-7-15(10-13)9-11-14-6-8-16(11)4-2/h6,8H,3-5,7,9-10H2,1-2H3,(H,17,18). The van der Waals surface area contributed by atoms with Crippen molar-refractivity contribution in [3.05, 3.63) is 18.2 Å². The Labute approximate surface area is 107 Å². The molecule has 0 bridgehead atoms. The molecule has 5 nitrogen and oxygen atoms in total. The Morgan fingerprint density at radius 3 is 2.89 bits per heavy atom. The normalized spacial score (nSPS) is 24.6. The molecule has 5 heteroatoms. The number of likely N-dealkylation sites (tertiary alicyclic amines) is 1. The molecule has 0 saturated carbocycles. The first-order valence-electron chi connectivity index (χ1n) is 6.57. The van der Waals surface area contributed by atoms with Gasteiger partial charge in [0.1, 0.15) is 5.82 Å². The van der Waals surface area contributed by atoms with Crippen molar-refractivity contribution in [3.63, 3.8) is 0 Å². The molecule has 0 amide bonds. The molecule has 0 radical (unpaired) electrons. The molecular formula is C13H21N3O2. The summed E-state index contributed by atoms with van der Waals surface area (Å²) in [5.74, 6) is 0.362. The van der Waals surface area contributed by atoms with E-state index in [1.807, 2.05) is 13.1 Å². The number of carboxylic acids is 1. The maximum atomic E-state index is 11.4. The average molecular weight is 251 g/mol. The van der Waals surface area contributed by atoms with Gasteiger partial charge in [0, 0.05) is 25.5 Å². The quantitative estimate of drug-likeness (QED) is 0.863. The molecule has 1 aliphatic rings. The first kappa shape index (κ1) is 13.1. The van der Waals surface area contributed by atoms with E-state index in [9.17, 15) is 9.90 Å². The highest BCUT2D eigenvalue weighted by molar-refractivity contribution is 5.75. The van der Waals surface area contributed by atoms with Crippen molar-refractivity contribution in [3.8, 4) is 0 Å². The lowest BCUT2D eigenvalue weighted by Gasteiger charge is -2.23. The Hall–Kier alpha value is -1.36. The lowest BCUT2D eigenvalue weighted by Crippen LogP contribution is -2.34. The summed E-state index contributed by atoms with van der Waals surface area (Å²) in [5.41, 5.74) is -0.552. The summed E-state index contributed by atoms with van der Waals surface area (Å²) in [4.78, 5) is 17.9. The fraction of sp³-hybridized carbons (Fsp3) is 0.692. The van der Waals surface area contributed by atoms with Crippen molar-refractivity contribution >= 4 is 5.97 Å². The lowest BCUT2D eigenvalue weighted by molar-refractivity contribution is -0.148. The van der Waals surface area contributed by atoms with E-state index in [1.54, 1.807) is 6.20 Å². The summed E-state index contributed by atoms with van der Waals surface area (Å²) < 4.78 is 2.10. The van der Waals surface area contributed by atoms with Crippen molar-refractivity contribution in [1.29, 1.82) is 0 Å². The minimum atomic E-state index is -0.661. The highest BCUT2D eigenvalue weighted by atomic mass is 16.4. The Bertz CT molecular complexity index is 430. The third-order valence-corrected chi connectivity index (χ3v) is 4.07. The summed E-state index contributed by atoms with van der Waals surface area (Å²) >= 11 is 0. The highest BCUT2D eigenvalue weighted by Gasteiger charge is 2.43. The maximum Gasteiger partial charge on any atom is 0.310 e. The SMILES string of the molecule is CCn1ccnc1CN1CCC(CC)(C(=O)O)C1. The molecule has 0 spiro atoms. The van der Waals surface area contributed by atoms with Crippen LogP contribution in [0.25, 0.3) is 0 Å². The second kappa shape index (κ2) is 5.10. The molecule has 1 aromatic rings. The summed E-state index contributed by atoms with van der Waals surface area (Å²) in [7, 11) is 0. The zero-order valence-corrected chi connectivity index (χ0v) is 11.1. The predicted molar refractivity (Wildman–Crippen MR) is 68.2 cm³/mol. The van der Waals surface area contributed by atoms with Crippen LogP contribution in [0.1, 0.15) is 32.5 Å². The van der Waals surface area contributed by atoms with Gasteiger partial charge >= 0.3 is 5.97 Å². The molecule has 1 saturated heterocycles. The molecule has 1 aliphatic heterocycles. The van der Waals surface area contributed by atoms with Crippen LogP contribution < -0.4 is 0 Å². The van der Waals surface area contributed by atoms with Crippen molar-refractivity contribution in [2.75, 3.05) is 13.1 Å². The van der Waals surface area contributed by atoms with Crippen molar-refractivity contribution < 1.29 is 9.90 Å². The predicted octanol–water partition coefficient (Wildman–Crippen LogP) is 1.59. The maximum absolute atomic E-state index is 11.4. The molecule has 0 aliphatic carbocycles. The topological polar surface area (TPSA) is 58.4 Å². The molecule has 0 aromatic carbocycles. The number of aryl methyl sites for hydroxylation is 1. The van der Waals surface area contributed by atoms with Gasteiger partial charge < -0.3 is 9.67 Å². The van der Waals surface area contributed by atoms with E-state index in [0.717, 1.165) is 31.9 Å². The second-order valence-electron chi connectivity index (χ2n) is 5.03. The third-order valence-electron chi connectivity index (χ3n) is 4.07. The number of carbonyl (C=O) groups is 1. The van der Waals surface area contributed by atoms with Crippen LogP contribution in [0.15, 0.2) is 12.4 Å². The number of aliphatic carboxylic acids is 1. The highest BCUT2D eigenvalue weighted by Crippen LogP contribution is 2.34. The van der Waals surface area contributed by atoms with Crippen molar-refractivity contribution in [1.82, 2.24) is 14.5 Å². The van der Waals surface area contributed by atoms with E-state index < -0.39 is 11.4 Å². The van der Waals surface area contributed by atoms with Gasteiger partial charge in [-0.2, -0.15) is 0 Å². The fourth-order valence-electron chi connectivity index (χ4n) is 2.69. The third kappa shape index (κ3) is 2.27. The minimum Gasteiger partial charge on any atom is -0.481 e. The Morgan fingerprint density at radius 2 is 2.33 bits per heavy atom. The second-order valence-corrected chi connectivity index (χ2v) is 5.03. The number of aromatic nitrogens is 2. The van der Waals surface area contributed by atoms with E-state index in [1.165, 1.54) is 0 Å². The van der Waals surface area contributed by atoms with E-state index in [4.69, 9.17) is 0 Å². The lowest BCUT2D eigenvalue weighted by atomic mass is 9.84. The first-order chi connectivity index (χ1) is 8.61. The van der Waals surface area contributed by atoms with E-state index in [-0.39, 0.29) is 0 Å². The van der Waals surface area contributed by atoms with Crippen LogP contribution in [0.2, 0.25) is 0 Å². The van der Waals surface area contributed by atoms with E-state index in [2.05, 4.69) is 21.4 Å². The Kier molecular flexibility index (Phi) is 3.71. The van der Waals surface area contributed by atoms with Crippen molar-refractivity contribution in [2.45, 2.75) is 39.8 Å². The smallest absolute Gasteiger partial charge is 0.310 e. The summed E-state index contributed by atoms with van der Waals surface area (Å²) in [6, 6.07) is 0. The van der Waals surface area contributed by atoms with Gasteiger partial charge in [0.2, 0.25) is 0 Å². The monoisotopic (exact) mass is 251 g/mol.